The van der Waals surface area contributed by atoms with Crippen molar-refractivity contribution in [2.24, 2.45) is 4.99 Å². The maximum atomic E-state index is 4.73. The van der Waals surface area contributed by atoms with Gasteiger partial charge in [0.05, 0.1) is 17.9 Å². The minimum Gasteiger partial charge on any atom is -0.357 e. The van der Waals surface area contributed by atoms with Gasteiger partial charge in [0.25, 0.3) is 0 Å². The molecule has 0 amide bonds. The second kappa shape index (κ2) is 11.1. The fourth-order valence-corrected chi connectivity index (χ4v) is 2.61. The van der Waals surface area contributed by atoms with Crippen molar-refractivity contribution in [3.05, 3.63) is 47.3 Å². The molecule has 0 radical (unpaired) electrons. The molecule has 0 bridgehead atoms. The molecule has 0 aliphatic heterocycles. The lowest BCUT2D eigenvalue weighted by Gasteiger charge is -2.11. The summed E-state index contributed by atoms with van der Waals surface area (Å²) in [5, 5.41) is 11.4. The number of hydrogen-bond donors (Lipinski definition) is 2. The van der Waals surface area contributed by atoms with Crippen LogP contribution in [0.3, 0.4) is 0 Å². The fraction of sp³-hybridized carbons (Fsp3) is 0.474. The van der Waals surface area contributed by atoms with Crippen molar-refractivity contribution < 1.29 is 0 Å². The van der Waals surface area contributed by atoms with E-state index in [2.05, 4.69) is 55.6 Å². The van der Waals surface area contributed by atoms with Crippen molar-refractivity contribution >= 4 is 29.9 Å². The predicted octanol–water partition coefficient (Wildman–Crippen LogP) is 3.96. The third-order valence-corrected chi connectivity index (χ3v) is 4.00. The SMILES string of the molecule is CCCCNC(=NCc1c(C)nn(-c2ccccc2)c1C)NCC.I. The smallest absolute Gasteiger partial charge is 0.191 e. The van der Waals surface area contributed by atoms with Gasteiger partial charge in [-0.3, -0.25) is 0 Å². The Labute approximate surface area is 168 Å². The summed E-state index contributed by atoms with van der Waals surface area (Å²) in [6.45, 7) is 10.9. The van der Waals surface area contributed by atoms with E-state index in [1.807, 2.05) is 22.9 Å². The summed E-state index contributed by atoms with van der Waals surface area (Å²) in [4.78, 5) is 4.73. The van der Waals surface area contributed by atoms with Gasteiger partial charge in [0.15, 0.2) is 5.96 Å². The Morgan fingerprint density at radius 2 is 1.84 bits per heavy atom. The highest BCUT2D eigenvalue weighted by molar-refractivity contribution is 14.0. The fourth-order valence-electron chi connectivity index (χ4n) is 2.61. The Morgan fingerprint density at radius 3 is 2.48 bits per heavy atom. The van der Waals surface area contributed by atoms with Crippen LogP contribution < -0.4 is 10.6 Å². The quantitative estimate of drug-likeness (QED) is 0.288. The summed E-state index contributed by atoms with van der Waals surface area (Å²) in [5.41, 5.74) is 4.45. The Bertz CT molecular complexity index is 664. The molecular weight excluding hydrogens is 425 g/mol. The first-order valence-corrected chi connectivity index (χ1v) is 8.80. The Balaban J connectivity index is 0.00000312. The molecule has 0 fully saturated rings. The van der Waals surface area contributed by atoms with Crippen molar-refractivity contribution in [2.75, 3.05) is 13.1 Å². The topological polar surface area (TPSA) is 54.2 Å². The number of aromatic nitrogens is 2. The zero-order chi connectivity index (χ0) is 17.4. The van der Waals surface area contributed by atoms with E-state index in [0.717, 1.165) is 42.5 Å². The first kappa shape index (κ1) is 21.5. The van der Waals surface area contributed by atoms with Crippen LogP contribution in [0.2, 0.25) is 0 Å². The third-order valence-electron chi connectivity index (χ3n) is 4.00. The number of nitrogens with zero attached hydrogens (tertiary/aromatic N) is 3. The van der Waals surface area contributed by atoms with Gasteiger partial charge >= 0.3 is 0 Å². The van der Waals surface area contributed by atoms with Crippen LogP contribution in [0.5, 0.6) is 0 Å². The molecule has 2 N–H and O–H groups in total. The van der Waals surface area contributed by atoms with Gasteiger partial charge < -0.3 is 10.6 Å². The number of para-hydroxylation sites is 1. The average Bonchev–Trinajstić information content (AvgIpc) is 2.88. The van der Waals surface area contributed by atoms with E-state index >= 15 is 0 Å². The van der Waals surface area contributed by atoms with Gasteiger partial charge in [-0.15, -0.1) is 24.0 Å². The van der Waals surface area contributed by atoms with Gasteiger partial charge in [0.1, 0.15) is 0 Å². The standard InChI is InChI=1S/C19H29N5.HI/c1-5-7-13-21-19(20-6-2)22-14-18-15(3)23-24(16(18)4)17-11-9-8-10-12-17;/h8-12H,5-7,13-14H2,1-4H3,(H2,20,21,22);1H. The second-order valence-electron chi connectivity index (χ2n) is 5.87. The highest BCUT2D eigenvalue weighted by atomic mass is 127. The van der Waals surface area contributed by atoms with Crippen LogP contribution in [0.4, 0.5) is 0 Å². The molecule has 0 saturated heterocycles. The third kappa shape index (κ3) is 6.02. The van der Waals surface area contributed by atoms with E-state index in [9.17, 15) is 0 Å². The normalized spacial score (nSPS) is 11.1. The molecular formula is C19H30IN5. The first-order chi connectivity index (χ1) is 11.7. The number of benzene rings is 1. The summed E-state index contributed by atoms with van der Waals surface area (Å²) in [7, 11) is 0. The highest BCUT2D eigenvalue weighted by Gasteiger charge is 2.12. The molecule has 0 aliphatic rings. The molecule has 1 aromatic heterocycles. The molecule has 25 heavy (non-hydrogen) atoms. The highest BCUT2D eigenvalue weighted by Crippen LogP contribution is 2.18. The second-order valence-corrected chi connectivity index (χ2v) is 5.87. The lowest BCUT2D eigenvalue weighted by atomic mass is 10.2. The van der Waals surface area contributed by atoms with E-state index in [1.54, 1.807) is 0 Å². The van der Waals surface area contributed by atoms with Gasteiger partial charge in [-0.05, 0) is 39.3 Å². The van der Waals surface area contributed by atoms with Crippen LogP contribution >= 0.6 is 24.0 Å². The molecule has 6 heteroatoms. The zero-order valence-corrected chi connectivity index (χ0v) is 18.0. The molecule has 1 heterocycles. The summed E-state index contributed by atoms with van der Waals surface area (Å²) >= 11 is 0. The molecule has 0 spiro atoms. The summed E-state index contributed by atoms with van der Waals surface area (Å²) in [5.74, 6) is 0.872. The zero-order valence-electron chi connectivity index (χ0n) is 15.7. The molecule has 0 unspecified atom stereocenters. The largest absolute Gasteiger partial charge is 0.357 e. The first-order valence-electron chi connectivity index (χ1n) is 8.80. The van der Waals surface area contributed by atoms with Crippen LogP contribution in [-0.2, 0) is 6.54 Å². The molecule has 1 aromatic carbocycles. The van der Waals surface area contributed by atoms with E-state index in [0.29, 0.717) is 6.54 Å². The maximum absolute atomic E-state index is 4.73. The van der Waals surface area contributed by atoms with Gasteiger partial charge in [-0.1, -0.05) is 31.5 Å². The maximum Gasteiger partial charge on any atom is 0.191 e. The molecule has 0 saturated carbocycles. The van der Waals surface area contributed by atoms with Crippen molar-refractivity contribution in [1.29, 1.82) is 0 Å². The number of aryl methyl sites for hydroxylation is 1. The van der Waals surface area contributed by atoms with Gasteiger partial charge in [0, 0.05) is 24.3 Å². The Morgan fingerprint density at radius 1 is 1.12 bits per heavy atom. The minimum atomic E-state index is 0. The van der Waals surface area contributed by atoms with E-state index in [-0.39, 0.29) is 24.0 Å². The number of rotatable bonds is 7. The van der Waals surface area contributed by atoms with E-state index in [1.165, 1.54) is 12.0 Å². The number of aliphatic imine (C=N–C) groups is 1. The van der Waals surface area contributed by atoms with Crippen molar-refractivity contribution in [2.45, 2.75) is 47.1 Å². The predicted molar refractivity (Wildman–Crippen MR) is 116 cm³/mol. The van der Waals surface area contributed by atoms with E-state index < -0.39 is 0 Å². The van der Waals surface area contributed by atoms with Crippen molar-refractivity contribution in [3.63, 3.8) is 0 Å². The lowest BCUT2D eigenvalue weighted by molar-refractivity contribution is 0.730. The summed E-state index contributed by atoms with van der Waals surface area (Å²) < 4.78 is 2.00. The minimum absolute atomic E-state index is 0. The number of guanidine groups is 1. The van der Waals surface area contributed by atoms with Gasteiger partial charge in [-0.2, -0.15) is 5.10 Å². The van der Waals surface area contributed by atoms with Gasteiger partial charge in [-0.25, -0.2) is 9.67 Å². The van der Waals surface area contributed by atoms with Crippen molar-refractivity contribution in [3.8, 4) is 5.69 Å². The van der Waals surface area contributed by atoms with Crippen molar-refractivity contribution in [1.82, 2.24) is 20.4 Å². The molecule has 2 rings (SSSR count). The lowest BCUT2D eigenvalue weighted by Crippen LogP contribution is -2.37. The molecule has 0 aliphatic carbocycles. The van der Waals surface area contributed by atoms with Crippen LogP contribution in [0.1, 0.15) is 43.6 Å². The van der Waals surface area contributed by atoms with Crippen LogP contribution in [0.15, 0.2) is 35.3 Å². The molecule has 138 valence electrons. The number of hydrogen-bond acceptors (Lipinski definition) is 2. The van der Waals surface area contributed by atoms with Crippen LogP contribution in [-0.4, -0.2) is 28.8 Å². The number of nitrogens with one attached hydrogen (secondary N) is 2. The van der Waals surface area contributed by atoms with E-state index in [4.69, 9.17) is 4.99 Å². The number of unbranched alkanes of at least 4 members (excludes halogenated alkanes) is 1. The van der Waals surface area contributed by atoms with Crippen LogP contribution in [0, 0.1) is 13.8 Å². The molecule has 5 nitrogen and oxygen atoms in total. The average molecular weight is 455 g/mol. The summed E-state index contributed by atoms with van der Waals surface area (Å²) in [6.07, 6.45) is 2.32. The van der Waals surface area contributed by atoms with Gasteiger partial charge in [0.2, 0.25) is 0 Å². The van der Waals surface area contributed by atoms with Crippen LogP contribution in [0.25, 0.3) is 5.69 Å². The Kier molecular flexibility index (Phi) is 9.55. The Hall–Kier alpha value is -1.57. The molecule has 0 atom stereocenters. The monoisotopic (exact) mass is 455 g/mol. The molecule has 2 aromatic rings. The number of halogens is 1. The summed E-state index contributed by atoms with van der Waals surface area (Å²) in [6, 6.07) is 10.2.